The largest absolute Gasteiger partial charge is 0.292 e. The summed E-state index contributed by atoms with van der Waals surface area (Å²) in [6.45, 7) is 4.65. The number of aryl methyl sites for hydroxylation is 2. The molecule has 0 saturated heterocycles. The SMILES string of the molecule is CCCS(=O)(=O)NCCCCn1c(=O)c2c(C)nc3cccc1n32.Cl. The van der Waals surface area contributed by atoms with Gasteiger partial charge >= 0.3 is 0 Å². The van der Waals surface area contributed by atoms with Crippen LogP contribution in [0.3, 0.4) is 0 Å². The van der Waals surface area contributed by atoms with Crippen LogP contribution in [0, 0.1) is 6.92 Å². The molecule has 0 aliphatic rings. The molecular weight excluding hydrogens is 364 g/mol. The average molecular weight is 387 g/mol. The minimum absolute atomic E-state index is 0. The third kappa shape index (κ3) is 3.80. The number of hydrogen-bond acceptors (Lipinski definition) is 4. The summed E-state index contributed by atoms with van der Waals surface area (Å²) < 4.78 is 29.4. The Kier molecular flexibility index (Phi) is 6.08. The predicted octanol–water partition coefficient (Wildman–Crippen LogP) is 1.93. The zero-order valence-electron chi connectivity index (χ0n) is 14.4. The van der Waals surface area contributed by atoms with Gasteiger partial charge in [0.05, 0.1) is 11.4 Å². The molecule has 3 heterocycles. The summed E-state index contributed by atoms with van der Waals surface area (Å²) in [5.74, 6) is 0.154. The monoisotopic (exact) mass is 386 g/mol. The zero-order valence-corrected chi connectivity index (χ0v) is 16.0. The minimum Gasteiger partial charge on any atom is -0.292 e. The molecule has 0 spiro atoms. The van der Waals surface area contributed by atoms with E-state index in [1.807, 2.05) is 36.4 Å². The van der Waals surface area contributed by atoms with Gasteiger partial charge in [0.25, 0.3) is 5.56 Å². The van der Waals surface area contributed by atoms with E-state index in [1.165, 1.54) is 0 Å². The molecule has 0 fully saturated rings. The normalized spacial score (nSPS) is 12.1. The molecule has 138 valence electrons. The van der Waals surface area contributed by atoms with Crippen LogP contribution in [0.15, 0.2) is 23.0 Å². The van der Waals surface area contributed by atoms with Gasteiger partial charge in [-0.15, -0.1) is 12.4 Å². The third-order valence-corrected chi connectivity index (χ3v) is 5.71. The highest BCUT2D eigenvalue weighted by atomic mass is 35.5. The van der Waals surface area contributed by atoms with E-state index >= 15 is 0 Å². The van der Waals surface area contributed by atoms with Crippen molar-refractivity contribution in [2.45, 2.75) is 39.7 Å². The van der Waals surface area contributed by atoms with Crippen molar-refractivity contribution < 1.29 is 8.42 Å². The van der Waals surface area contributed by atoms with Crippen molar-refractivity contribution in [2.75, 3.05) is 12.3 Å². The van der Waals surface area contributed by atoms with Crippen LogP contribution < -0.4 is 10.3 Å². The Bertz CT molecular complexity index is 1010. The molecule has 25 heavy (non-hydrogen) atoms. The van der Waals surface area contributed by atoms with Gasteiger partial charge in [-0.05, 0) is 38.3 Å². The van der Waals surface area contributed by atoms with Gasteiger partial charge in [0.15, 0.2) is 0 Å². The Morgan fingerprint density at radius 1 is 1.24 bits per heavy atom. The molecule has 3 aromatic rings. The van der Waals surface area contributed by atoms with Gasteiger partial charge in [0, 0.05) is 13.1 Å². The number of pyridine rings is 1. The quantitative estimate of drug-likeness (QED) is 0.599. The molecule has 0 aromatic carbocycles. The Morgan fingerprint density at radius 3 is 2.72 bits per heavy atom. The summed E-state index contributed by atoms with van der Waals surface area (Å²) in [7, 11) is -3.16. The first-order valence-electron chi connectivity index (χ1n) is 8.22. The molecule has 0 aliphatic heterocycles. The van der Waals surface area contributed by atoms with E-state index in [-0.39, 0.29) is 23.7 Å². The number of sulfonamides is 1. The molecule has 0 aliphatic carbocycles. The van der Waals surface area contributed by atoms with E-state index in [1.54, 1.807) is 4.57 Å². The van der Waals surface area contributed by atoms with Crippen molar-refractivity contribution in [1.82, 2.24) is 18.7 Å². The van der Waals surface area contributed by atoms with Gasteiger partial charge in [-0.2, -0.15) is 0 Å². The molecule has 7 nitrogen and oxygen atoms in total. The van der Waals surface area contributed by atoms with E-state index in [0.717, 1.165) is 23.4 Å². The van der Waals surface area contributed by atoms with Crippen LogP contribution in [0.5, 0.6) is 0 Å². The number of nitrogens with one attached hydrogen (secondary N) is 1. The standard InChI is InChI=1S/C16H22N4O3S.ClH/c1-3-11-24(22,23)17-9-4-5-10-19-14-8-6-7-13-18-12(2)15(16(19)21)20(13)14;/h6-8,17H,3-5,9-11H2,1-2H3;1H. The number of halogens is 1. The van der Waals surface area contributed by atoms with Crippen molar-refractivity contribution >= 4 is 39.2 Å². The highest BCUT2D eigenvalue weighted by molar-refractivity contribution is 7.89. The van der Waals surface area contributed by atoms with Crippen LogP contribution in [0.1, 0.15) is 31.9 Å². The molecule has 0 unspecified atom stereocenters. The van der Waals surface area contributed by atoms with Gasteiger partial charge in [-0.1, -0.05) is 13.0 Å². The van der Waals surface area contributed by atoms with E-state index in [4.69, 9.17) is 0 Å². The smallest absolute Gasteiger partial charge is 0.278 e. The Hall–Kier alpha value is -1.64. The molecule has 0 amide bonds. The highest BCUT2D eigenvalue weighted by Crippen LogP contribution is 2.17. The summed E-state index contributed by atoms with van der Waals surface area (Å²) in [4.78, 5) is 17.0. The van der Waals surface area contributed by atoms with Crippen LogP contribution in [0.25, 0.3) is 16.8 Å². The summed E-state index contributed by atoms with van der Waals surface area (Å²) in [6.07, 6.45) is 2.02. The second-order valence-corrected chi connectivity index (χ2v) is 7.93. The van der Waals surface area contributed by atoms with E-state index in [0.29, 0.717) is 31.4 Å². The molecule has 0 saturated carbocycles. The van der Waals surface area contributed by atoms with Gasteiger partial charge in [-0.25, -0.2) is 18.1 Å². The van der Waals surface area contributed by atoms with Gasteiger partial charge < -0.3 is 0 Å². The first-order chi connectivity index (χ1) is 11.4. The maximum absolute atomic E-state index is 12.6. The molecule has 1 N–H and O–H groups in total. The number of imidazole rings is 2. The van der Waals surface area contributed by atoms with Crippen molar-refractivity contribution in [1.29, 1.82) is 0 Å². The van der Waals surface area contributed by atoms with Crippen molar-refractivity contribution in [2.24, 2.45) is 0 Å². The van der Waals surface area contributed by atoms with Crippen LogP contribution in [-0.2, 0) is 16.6 Å². The topological polar surface area (TPSA) is 85.5 Å². The lowest BCUT2D eigenvalue weighted by Gasteiger charge is -2.06. The number of nitrogens with zero attached hydrogens (tertiary/aromatic N) is 3. The first kappa shape index (κ1) is 19.7. The lowest BCUT2D eigenvalue weighted by Crippen LogP contribution is -2.27. The third-order valence-electron chi connectivity index (χ3n) is 4.12. The molecule has 0 radical (unpaired) electrons. The van der Waals surface area contributed by atoms with E-state index < -0.39 is 10.0 Å². The van der Waals surface area contributed by atoms with Crippen LogP contribution in [-0.4, -0.2) is 34.7 Å². The molecule has 0 atom stereocenters. The van der Waals surface area contributed by atoms with Gasteiger partial charge in [0.1, 0.15) is 16.8 Å². The summed E-state index contributed by atoms with van der Waals surface area (Å²) in [6, 6.07) is 5.69. The molecular formula is C16H23ClN4O3S. The lowest BCUT2D eigenvalue weighted by molar-refractivity contribution is 0.565. The average Bonchev–Trinajstić information content (AvgIpc) is 3.00. The van der Waals surface area contributed by atoms with Crippen LogP contribution in [0.4, 0.5) is 0 Å². The fourth-order valence-electron chi connectivity index (χ4n) is 3.06. The maximum Gasteiger partial charge on any atom is 0.278 e. The van der Waals surface area contributed by atoms with Crippen LogP contribution >= 0.6 is 12.4 Å². The van der Waals surface area contributed by atoms with Gasteiger partial charge in [0.2, 0.25) is 10.0 Å². The van der Waals surface area contributed by atoms with Crippen molar-refractivity contribution in [3.63, 3.8) is 0 Å². The molecule has 3 rings (SSSR count). The first-order valence-corrected chi connectivity index (χ1v) is 9.87. The van der Waals surface area contributed by atoms with E-state index in [2.05, 4.69) is 9.71 Å². The minimum atomic E-state index is -3.16. The second-order valence-electron chi connectivity index (χ2n) is 6.00. The van der Waals surface area contributed by atoms with Crippen molar-refractivity contribution in [3.8, 4) is 0 Å². The van der Waals surface area contributed by atoms with Crippen LogP contribution in [0.2, 0.25) is 0 Å². The van der Waals surface area contributed by atoms with Crippen molar-refractivity contribution in [3.05, 3.63) is 34.2 Å². The van der Waals surface area contributed by atoms with Gasteiger partial charge in [-0.3, -0.25) is 13.8 Å². The van der Waals surface area contributed by atoms with E-state index in [9.17, 15) is 13.2 Å². The summed E-state index contributed by atoms with van der Waals surface area (Å²) >= 11 is 0. The lowest BCUT2D eigenvalue weighted by atomic mass is 10.3. The Morgan fingerprint density at radius 2 is 2.00 bits per heavy atom. The molecule has 0 bridgehead atoms. The molecule has 9 heteroatoms. The Labute approximate surface area is 152 Å². The second kappa shape index (κ2) is 7.72. The highest BCUT2D eigenvalue weighted by Gasteiger charge is 2.17. The molecule has 3 aromatic heterocycles. The number of unbranched alkanes of at least 4 members (excludes halogenated alkanes) is 1. The number of aromatic nitrogens is 3. The fourth-order valence-corrected chi connectivity index (χ4v) is 4.20. The maximum atomic E-state index is 12.6. The number of hydrogen-bond donors (Lipinski definition) is 1. The predicted molar refractivity (Wildman–Crippen MR) is 101 cm³/mol. The fraction of sp³-hybridized carbons (Fsp3) is 0.500. The Balaban J connectivity index is 0.00000225. The zero-order chi connectivity index (χ0) is 17.3. The number of rotatable bonds is 8. The summed E-state index contributed by atoms with van der Waals surface area (Å²) in [5, 5.41) is 0. The summed E-state index contributed by atoms with van der Waals surface area (Å²) in [5.41, 5.74) is 2.95.